The lowest BCUT2D eigenvalue weighted by atomic mass is 10.4. The summed E-state index contributed by atoms with van der Waals surface area (Å²) >= 11 is 3.23. The van der Waals surface area contributed by atoms with Crippen LogP contribution < -0.4 is 5.32 Å². The van der Waals surface area contributed by atoms with Crippen molar-refractivity contribution in [1.82, 2.24) is 5.32 Å². The van der Waals surface area contributed by atoms with Crippen molar-refractivity contribution in [3.8, 4) is 0 Å². The van der Waals surface area contributed by atoms with E-state index in [-0.39, 0.29) is 5.76 Å². The molecule has 1 heterocycles. The van der Waals surface area contributed by atoms with E-state index in [1.165, 1.54) is 7.11 Å². The summed E-state index contributed by atoms with van der Waals surface area (Å²) in [6.45, 7) is 4.87. The molecule has 0 aliphatic rings. The molecule has 0 radical (unpaired) electrons. The number of methoxy groups -OCH3 is 1. The zero-order chi connectivity index (χ0) is 11.3. The van der Waals surface area contributed by atoms with Crippen molar-refractivity contribution in [2.75, 3.05) is 13.7 Å². The molecule has 0 fully saturated rings. The van der Waals surface area contributed by atoms with E-state index in [1.807, 2.05) is 0 Å². The minimum atomic E-state index is -0.467. The summed E-state index contributed by atoms with van der Waals surface area (Å²) in [7, 11) is 1.32. The smallest absolute Gasteiger partial charge is 0.373 e. The Kier molecular flexibility index (Phi) is 4.58. The Bertz CT molecular complexity index is 359. The van der Waals surface area contributed by atoms with E-state index in [0.717, 1.165) is 4.48 Å². The Labute approximate surface area is 96.4 Å². The van der Waals surface area contributed by atoms with Crippen LogP contribution in [-0.2, 0) is 11.3 Å². The molecule has 0 aromatic carbocycles. The van der Waals surface area contributed by atoms with Crippen molar-refractivity contribution >= 4 is 21.9 Å². The van der Waals surface area contributed by atoms with E-state index in [9.17, 15) is 4.79 Å². The van der Waals surface area contributed by atoms with E-state index in [2.05, 4.69) is 32.6 Å². The number of carbonyl (C=O) groups excluding carboxylic acids is 1. The van der Waals surface area contributed by atoms with Crippen molar-refractivity contribution in [3.63, 3.8) is 0 Å². The molecular formula is C10H12BrNO3. The van der Waals surface area contributed by atoms with Gasteiger partial charge in [-0.1, -0.05) is 22.5 Å². The monoisotopic (exact) mass is 273 g/mol. The number of nitrogens with one attached hydrogen (secondary N) is 1. The lowest BCUT2D eigenvalue weighted by Gasteiger charge is -1.99. The summed E-state index contributed by atoms with van der Waals surface area (Å²) in [5, 5.41) is 3.08. The van der Waals surface area contributed by atoms with Gasteiger partial charge in [0.1, 0.15) is 5.76 Å². The Hall–Kier alpha value is -1.07. The normalized spacial score (nSPS) is 10.0. The molecule has 0 amide bonds. The van der Waals surface area contributed by atoms with Crippen LogP contribution in [0.1, 0.15) is 16.3 Å². The van der Waals surface area contributed by atoms with E-state index < -0.39 is 5.97 Å². The van der Waals surface area contributed by atoms with Crippen molar-refractivity contribution < 1.29 is 13.9 Å². The number of carbonyl (C=O) groups is 1. The summed E-state index contributed by atoms with van der Waals surface area (Å²) < 4.78 is 10.6. The number of ether oxygens (including phenoxy) is 1. The highest BCUT2D eigenvalue weighted by atomic mass is 79.9. The molecule has 82 valence electrons. The standard InChI is InChI=1S/C10H12BrNO3/c1-7(11)5-12-6-8-3-4-9(15-8)10(13)14-2/h3-4,12H,1,5-6H2,2H3. The highest BCUT2D eigenvalue weighted by Crippen LogP contribution is 2.09. The van der Waals surface area contributed by atoms with Gasteiger partial charge in [0, 0.05) is 11.0 Å². The molecule has 0 unspecified atom stereocenters. The topological polar surface area (TPSA) is 51.5 Å². The third kappa shape index (κ3) is 3.89. The van der Waals surface area contributed by atoms with E-state index in [1.54, 1.807) is 12.1 Å². The van der Waals surface area contributed by atoms with Crippen molar-refractivity contribution in [3.05, 3.63) is 34.7 Å². The first-order valence-electron chi connectivity index (χ1n) is 4.34. The lowest BCUT2D eigenvalue weighted by molar-refractivity contribution is 0.0563. The molecule has 0 saturated heterocycles. The first kappa shape index (κ1) is 12.0. The zero-order valence-electron chi connectivity index (χ0n) is 8.38. The molecule has 0 atom stereocenters. The van der Waals surface area contributed by atoms with Crippen LogP contribution in [0, 0.1) is 0 Å². The maximum Gasteiger partial charge on any atom is 0.373 e. The second-order valence-corrected chi connectivity index (χ2v) is 4.00. The summed E-state index contributed by atoms with van der Waals surface area (Å²) in [6.07, 6.45) is 0. The molecule has 15 heavy (non-hydrogen) atoms. The highest BCUT2D eigenvalue weighted by Gasteiger charge is 2.10. The van der Waals surface area contributed by atoms with Gasteiger partial charge in [0.25, 0.3) is 0 Å². The molecule has 0 spiro atoms. The lowest BCUT2D eigenvalue weighted by Crippen LogP contribution is -2.13. The highest BCUT2D eigenvalue weighted by molar-refractivity contribution is 9.11. The van der Waals surface area contributed by atoms with Crippen molar-refractivity contribution in [2.24, 2.45) is 0 Å². The van der Waals surface area contributed by atoms with Crippen LogP contribution in [0.5, 0.6) is 0 Å². The average Bonchev–Trinajstić information content (AvgIpc) is 2.65. The number of hydrogen-bond donors (Lipinski definition) is 1. The Morgan fingerprint density at radius 1 is 1.67 bits per heavy atom. The second-order valence-electron chi connectivity index (χ2n) is 2.88. The molecule has 1 N–H and O–H groups in total. The summed E-state index contributed by atoms with van der Waals surface area (Å²) in [4.78, 5) is 11.1. The fraction of sp³-hybridized carbons (Fsp3) is 0.300. The number of halogens is 1. The molecule has 0 aliphatic heterocycles. The molecule has 4 nitrogen and oxygen atoms in total. The molecule has 1 aromatic heterocycles. The van der Waals surface area contributed by atoms with Crippen LogP contribution in [0.4, 0.5) is 0 Å². The van der Waals surface area contributed by atoms with Crippen LogP contribution in [-0.4, -0.2) is 19.6 Å². The van der Waals surface area contributed by atoms with Gasteiger partial charge in [0.05, 0.1) is 13.7 Å². The van der Waals surface area contributed by atoms with Crippen LogP contribution in [0.2, 0.25) is 0 Å². The number of hydrogen-bond acceptors (Lipinski definition) is 4. The Morgan fingerprint density at radius 3 is 3.00 bits per heavy atom. The van der Waals surface area contributed by atoms with Gasteiger partial charge in [-0.15, -0.1) is 0 Å². The van der Waals surface area contributed by atoms with Gasteiger partial charge in [-0.2, -0.15) is 0 Å². The van der Waals surface area contributed by atoms with Crippen LogP contribution in [0.3, 0.4) is 0 Å². The van der Waals surface area contributed by atoms with Crippen molar-refractivity contribution in [1.29, 1.82) is 0 Å². The zero-order valence-corrected chi connectivity index (χ0v) is 9.96. The van der Waals surface area contributed by atoms with Crippen LogP contribution in [0.25, 0.3) is 0 Å². The fourth-order valence-electron chi connectivity index (χ4n) is 1.00. The third-order valence-electron chi connectivity index (χ3n) is 1.66. The Morgan fingerprint density at radius 2 is 2.40 bits per heavy atom. The third-order valence-corrected chi connectivity index (χ3v) is 1.94. The minimum Gasteiger partial charge on any atom is -0.463 e. The fourth-order valence-corrected chi connectivity index (χ4v) is 1.20. The second kappa shape index (κ2) is 5.72. The van der Waals surface area contributed by atoms with E-state index in [0.29, 0.717) is 18.8 Å². The molecule has 1 aromatic rings. The first-order chi connectivity index (χ1) is 7.13. The average molecular weight is 274 g/mol. The maximum absolute atomic E-state index is 11.1. The number of rotatable bonds is 5. The quantitative estimate of drug-likeness (QED) is 0.835. The predicted octanol–water partition coefficient (Wildman–Crippen LogP) is 2.06. The maximum atomic E-state index is 11.1. The Balaban J connectivity index is 2.46. The molecule has 0 aliphatic carbocycles. The molecular weight excluding hydrogens is 262 g/mol. The first-order valence-corrected chi connectivity index (χ1v) is 5.14. The number of furan rings is 1. The van der Waals surface area contributed by atoms with Gasteiger partial charge >= 0.3 is 5.97 Å². The summed E-state index contributed by atoms with van der Waals surface area (Å²) in [6, 6.07) is 3.32. The van der Waals surface area contributed by atoms with E-state index >= 15 is 0 Å². The molecule has 0 saturated carbocycles. The van der Waals surface area contributed by atoms with Gasteiger partial charge in [0.15, 0.2) is 0 Å². The predicted molar refractivity (Wildman–Crippen MR) is 59.8 cm³/mol. The van der Waals surface area contributed by atoms with Gasteiger partial charge in [0.2, 0.25) is 5.76 Å². The molecule has 0 bridgehead atoms. The largest absolute Gasteiger partial charge is 0.463 e. The van der Waals surface area contributed by atoms with Gasteiger partial charge in [-0.3, -0.25) is 0 Å². The molecule has 5 heteroatoms. The van der Waals surface area contributed by atoms with E-state index in [4.69, 9.17) is 4.42 Å². The van der Waals surface area contributed by atoms with Gasteiger partial charge in [-0.05, 0) is 12.1 Å². The van der Waals surface area contributed by atoms with Crippen molar-refractivity contribution in [2.45, 2.75) is 6.54 Å². The summed E-state index contributed by atoms with van der Waals surface area (Å²) in [5.74, 6) is 0.433. The van der Waals surface area contributed by atoms with Crippen LogP contribution in [0.15, 0.2) is 27.6 Å². The SMILES string of the molecule is C=C(Br)CNCc1ccc(C(=O)OC)o1. The van der Waals surface area contributed by atoms with Gasteiger partial charge < -0.3 is 14.5 Å². The molecule has 1 rings (SSSR count). The van der Waals surface area contributed by atoms with Crippen LogP contribution >= 0.6 is 15.9 Å². The minimum absolute atomic E-state index is 0.215. The summed E-state index contributed by atoms with van der Waals surface area (Å²) in [5.41, 5.74) is 0. The van der Waals surface area contributed by atoms with Gasteiger partial charge in [-0.25, -0.2) is 4.79 Å². The number of esters is 1.